The molecule has 2 heterocycles. The van der Waals surface area contributed by atoms with Gasteiger partial charge in [0, 0.05) is 33.1 Å². The third-order valence-corrected chi connectivity index (χ3v) is 16.4. The molecule has 0 N–H and O–H groups in total. The van der Waals surface area contributed by atoms with Crippen molar-refractivity contribution >= 4 is 60.8 Å². The van der Waals surface area contributed by atoms with Gasteiger partial charge in [-0.2, -0.15) is 0 Å². The SMILES string of the molecule is c1ccc(-c2ccc(N(c3ccc4c(c3)-c3ccccc3C43c4ccccc4-c4ccccc43)c3cccc4oc5ccc(-c6ccc7c(c6)c6ccccc6n7-c6ccccc6)cc5c34)c(-c3ccccc3)c2)cc1. The van der Waals surface area contributed by atoms with Crippen LogP contribution >= 0.6 is 0 Å². The maximum absolute atomic E-state index is 6.90. The quantitative estimate of drug-likeness (QED) is 0.159. The van der Waals surface area contributed by atoms with Gasteiger partial charge < -0.3 is 13.9 Å². The number of rotatable bonds is 7. The highest BCUT2D eigenvalue weighted by Gasteiger charge is 2.51. The van der Waals surface area contributed by atoms with E-state index in [0.717, 1.165) is 72.5 Å². The molecule has 0 aliphatic heterocycles. The highest BCUT2D eigenvalue weighted by Crippen LogP contribution is 2.63. The molecule has 0 amide bonds. The number of nitrogens with zero attached hydrogens (tertiary/aromatic N) is 2. The van der Waals surface area contributed by atoms with Gasteiger partial charge in [-0.05, 0) is 151 Å². The lowest BCUT2D eigenvalue weighted by molar-refractivity contribution is 0.669. The van der Waals surface area contributed by atoms with Crippen LogP contribution in [0.15, 0.2) is 283 Å². The molecule has 0 atom stereocenters. The molecule has 0 saturated heterocycles. The number of para-hydroxylation sites is 2. The van der Waals surface area contributed by atoms with Crippen LogP contribution in [0, 0.1) is 0 Å². The first-order chi connectivity index (χ1) is 37.7. The average molecular weight is 967 g/mol. The first-order valence-corrected chi connectivity index (χ1v) is 26.2. The van der Waals surface area contributed by atoms with E-state index < -0.39 is 5.41 Å². The summed E-state index contributed by atoms with van der Waals surface area (Å²) in [5.41, 5.74) is 25.2. The number of anilines is 3. The highest BCUT2D eigenvalue weighted by molar-refractivity contribution is 6.16. The minimum Gasteiger partial charge on any atom is -0.456 e. The third-order valence-electron chi connectivity index (χ3n) is 16.4. The summed E-state index contributed by atoms with van der Waals surface area (Å²) in [6.45, 7) is 0. The Morgan fingerprint density at radius 3 is 1.58 bits per heavy atom. The van der Waals surface area contributed by atoms with Crippen molar-refractivity contribution in [2.75, 3.05) is 4.90 Å². The lowest BCUT2D eigenvalue weighted by atomic mass is 9.70. The monoisotopic (exact) mass is 966 g/mol. The molecule has 76 heavy (non-hydrogen) atoms. The molecule has 354 valence electrons. The van der Waals surface area contributed by atoms with Crippen molar-refractivity contribution in [3.05, 3.63) is 301 Å². The summed E-state index contributed by atoms with van der Waals surface area (Å²) in [6.07, 6.45) is 0. The molecular formula is C73H46N2O. The van der Waals surface area contributed by atoms with E-state index in [-0.39, 0.29) is 0 Å². The molecule has 0 fully saturated rings. The van der Waals surface area contributed by atoms with E-state index >= 15 is 0 Å². The van der Waals surface area contributed by atoms with Gasteiger partial charge in [0.2, 0.25) is 0 Å². The summed E-state index contributed by atoms with van der Waals surface area (Å²) in [4.78, 5) is 2.50. The standard InChI is InChI=1S/C73H46N2O/c1-4-19-47(20-5-1)49-35-40-67(58(43-49)48-21-6-2-7-22-48)75(53-38-39-65-59(46-53)56-27-12-16-31-64(56)73(65)62-29-14-10-25-54(62)55-26-11-15-30-63(55)73)69-33-18-34-71-72(69)61-45-51(37-42-70(61)76-71)50-36-41-68-60(44-50)57-28-13-17-32-66(57)74(68)52-23-8-3-9-24-52/h1-46H. The van der Waals surface area contributed by atoms with E-state index in [1.807, 2.05) is 0 Å². The van der Waals surface area contributed by atoms with Gasteiger partial charge in [-0.1, -0.05) is 200 Å². The van der Waals surface area contributed by atoms with Gasteiger partial charge in [0.25, 0.3) is 0 Å². The highest BCUT2D eigenvalue weighted by atomic mass is 16.3. The zero-order chi connectivity index (χ0) is 49.9. The van der Waals surface area contributed by atoms with Crippen LogP contribution in [0.1, 0.15) is 22.3 Å². The number of furan rings is 1. The maximum atomic E-state index is 6.90. The molecule has 0 radical (unpaired) electrons. The van der Waals surface area contributed by atoms with Crippen molar-refractivity contribution in [1.82, 2.24) is 4.57 Å². The second-order valence-electron chi connectivity index (χ2n) is 20.3. The fraction of sp³-hybridized carbons (Fsp3) is 0.0137. The number of benzene rings is 12. The van der Waals surface area contributed by atoms with Gasteiger partial charge in [0.1, 0.15) is 11.2 Å². The summed E-state index contributed by atoms with van der Waals surface area (Å²) in [7, 11) is 0. The van der Waals surface area contributed by atoms with Crippen LogP contribution < -0.4 is 4.90 Å². The molecule has 12 aromatic carbocycles. The van der Waals surface area contributed by atoms with E-state index in [4.69, 9.17) is 4.42 Å². The van der Waals surface area contributed by atoms with Gasteiger partial charge in [-0.25, -0.2) is 0 Å². The fourth-order valence-corrected chi connectivity index (χ4v) is 13.2. The summed E-state index contributed by atoms with van der Waals surface area (Å²) < 4.78 is 9.27. The molecule has 0 unspecified atom stereocenters. The van der Waals surface area contributed by atoms with Gasteiger partial charge in [0.15, 0.2) is 0 Å². The van der Waals surface area contributed by atoms with E-state index in [1.54, 1.807) is 0 Å². The molecule has 0 saturated carbocycles. The van der Waals surface area contributed by atoms with Gasteiger partial charge >= 0.3 is 0 Å². The van der Waals surface area contributed by atoms with Crippen molar-refractivity contribution in [1.29, 1.82) is 0 Å². The Labute approximate surface area is 440 Å². The summed E-state index contributed by atoms with van der Waals surface area (Å²) in [6, 6.07) is 103. The Hall–Kier alpha value is -9.96. The predicted molar refractivity (Wildman–Crippen MR) is 315 cm³/mol. The van der Waals surface area contributed by atoms with E-state index in [9.17, 15) is 0 Å². The fourth-order valence-electron chi connectivity index (χ4n) is 13.2. The number of hydrogen-bond acceptors (Lipinski definition) is 2. The largest absolute Gasteiger partial charge is 0.456 e. The minimum absolute atomic E-state index is 0.453. The molecule has 2 aliphatic carbocycles. The van der Waals surface area contributed by atoms with E-state index in [0.29, 0.717) is 0 Å². The number of fused-ring (bicyclic) bond motifs is 16. The molecule has 1 spiro atoms. The molecule has 2 aliphatic rings. The average Bonchev–Trinajstić information content (AvgIpc) is 4.41. The molecule has 3 heteroatoms. The molecule has 16 rings (SSSR count). The Kier molecular flexibility index (Phi) is 9.25. The lowest BCUT2D eigenvalue weighted by Crippen LogP contribution is -2.25. The molecule has 2 aromatic heterocycles. The van der Waals surface area contributed by atoms with Gasteiger partial charge in [0.05, 0.1) is 33.2 Å². The van der Waals surface area contributed by atoms with Gasteiger partial charge in [-0.3, -0.25) is 0 Å². The first kappa shape index (κ1) is 42.5. The maximum Gasteiger partial charge on any atom is 0.137 e. The van der Waals surface area contributed by atoms with Crippen LogP contribution in [0.5, 0.6) is 0 Å². The van der Waals surface area contributed by atoms with Crippen molar-refractivity contribution < 1.29 is 4.42 Å². The van der Waals surface area contributed by atoms with Crippen molar-refractivity contribution in [2.24, 2.45) is 0 Å². The minimum atomic E-state index is -0.453. The molecular weight excluding hydrogens is 921 g/mol. The summed E-state index contributed by atoms with van der Waals surface area (Å²) >= 11 is 0. The van der Waals surface area contributed by atoms with Crippen LogP contribution in [0.2, 0.25) is 0 Å². The Morgan fingerprint density at radius 1 is 0.303 bits per heavy atom. The zero-order valence-corrected chi connectivity index (χ0v) is 41.4. The second-order valence-corrected chi connectivity index (χ2v) is 20.3. The number of aromatic nitrogens is 1. The number of hydrogen-bond donors (Lipinski definition) is 0. The predicted octanol–water partition coefficient (Wildman–Crippen LogP) is 19.5. The second kappa shape index (κ2) is 16.5. The summed E-state index contributed by atoms with van der Waals surface area (Å²) in [5.74, 6) is 0. The van der Waals surface area contributed by atoms with Crippen LogP contribution in [0.4, 0.5) is 17.1 Å². The first-order valence-electron chi connectivity index (χ1n) is 26.2. The molecule has 0 bridgehead atoms. The van der Waals surface area contributed by atoms with Crippen molar-refractivity contribution in [3.63, 3.8) is 0 Å². The van der Waals surface area contributed by atoms with Crippen LogP contribution in [-0.2, 0) is 5.41 Å². The Balaban J connectivity index is 0.941. The van der Waals surface area contributed by atoms with Crippen molar-refractivity contribution in [3.8, 4) is 61.3 Å². The Morgan fingerprint density at radius 2 is 0.855 bits per heavy atom. The normalized spacial score (nSPS) is 12.8. The Bertz CT molecular complexity index is 4600. The summed E-state index contributed by atoms with van der Waals surface area (Å²) in [5, 5.41) is 4.57. The van der Waals surface area contributed by atoms with E-state index in [2.05, 4.69) is 289 Å². The van der Waals surface area contributed by atoms with Gasteiger partial charge in [-0.15, -0.1) is 0 Å². The molecule has 3 nitrogen and oxygen atoms in total. The zero-order valence-electron chi connectivity index (χ0n) is 41.4. The van der Waals surface area contributed by atoms with Crippen LogP contribution in [0.25, 0.3) is 105 Å². The lowest BCUT2D eigenvalue weighted by Gasteiger charge is -2.32. The van der Waals surface area contributed by atoms with E-state index in [1.165, 1.54) is 71.9 Å². The van der Waals surface area contributed by atoms with Crippen LogP contribution in [0.3, 0.4) is 0 Å². The molecule has 14 aromatic rings. The smallest absolute Gasteiger partial charge is 0.137 e. The third kappa shape index (κ3) is 6.11. The van der Waals surface area contributed by atoms with Crippen LogP contribution in [-0.4, -0.2) is 4.57 Å². The van der Waals surface area contributed by atoms with Crippen molar-refractivity contribution in [2.45, 2.75) is 5.41 Å². The topological polar surface area (TPSA) is 21.3 Å².